The van der Waals surface area contributed by atoms with Crippen molar-refractivity contribution in [3.8, 4) is 33.9 Å². The topological polar surface area (TPSA) is 110 Å². The van der Waals surface area contributed by atoms with Gasteiger partial charge in [-0.1, -0.05) is 26.0 Å². The highest BCUT2D eigenvalue weighted by molar-refractivity contribution is 6.07. The number of carbonyl (C=O) groups excluding carboxylic acids is 1. The summed E-state index contributed by atoms with van der Waals surface area (Å²) >= 11 is 0. The van der Waals surface area contributed by atoms with E-state index in [1.165, 1.54) is 6.33 Å². The second kappa shape index (κ2) is 10.6. The van der Waals surface area contributed by atoms with Crippen molar-refractivity contribution in [2.24, 2.45) is 5.92 Å². The molecular formula is C30H28N4O4. The van der Waals surface area contributed by atoms with Gasteiger partial charge in [-0.2, -0.15) is 0 Å². The molecule has 5 aromatic rings. The molecule has 2 heterocycles. The van der Waals surface area contributed by atoms with Gasteiger partial charge in [0, 0.05) is 28.9 Å². The molecule has 0 unspecified atom stereocenters. The molecule has 2 aromatic heterocycles. The number of nitrogens with one attached hydrogen (secondary N) is 2. The SMILES string of the molecule is COc1ccc(C(=O)Nc2ccc(-c3oc4ncnc(NCC(C)C)c4c3-c3cccc(O)c3)cc2)cc1. The molecule has 192 valence electrons. The fourth-order valence-corrected chi connectivity index (χ4v) is 4.16. The van der Waals surface area contributed by atoms with Crippen molar-refractivity contribution in [1.29, 1.82) is 0 Å². The van der Waals surface area contributed by atoms with Gasteiger partial charge in [0.2, 0.25) is 5.71 Å². The second-order valence-corrected chi connectivity index (χ2v) is 9.29. The predicted molar refractivity (Wildman–Crippen MR) is 149 cm³/mol. The number of ether oxygens (including phenoxy) is 1. The van der Waals surface area contributed by atoms with Gasteiger partial charge in [0.05, 0.1) is 12.5 Å². The molecule has 0 aliphatic rings. The lowest BCUT2D eigenvalue weighted by atomic mass is 9.99. The maximum atomic E-state index is 12.7. The molecule has 0 saturated heterocycles. The van der Waals surface area contributed by atoms with Crippen LogP contribution in [0.15, 0.2) is 83.5 Å². The molecule has 0 radical (unpaired) electrons. The number of methoxy groups -OCH3 is 1. The minimum absolute atomic E-state index is 0.146. The van der Waals surface area contributed by atoms with E-state index in [2.05, 4.69) is 34.4 Å². The number of phenolic OH excluding ortho intramolecular Hbond substituents is 1. The van der Waals surface area contributed by atoms with Crippen molar-refractivity contribution in [1.82, 2.24) is 9.97 Å². The maximum Gasteiger partial charge on any atom is 0.255 e. The third kappa shape index (κ3) is 5.15. The summed E-state index contributed by atoms with van der Waals surface area (Å²) in [5, 5.41) is 17.3. The van der Waals surface area contributed by atoms with Gasteiger partial charge in [0.1, 0.15) is 29.4 Å². The minimum Gasteiger partial charge on any atom is -0.508 e. The van der Waals surface area contributed by atoms with E-state index >= 15 is 0 Å². The smallest absolute Gasteiger partial charge is 0.255 e. The molecule has 38 heavy (non-hydrogen) atoms. The highest BCUT2D eigenvalue weighted by Crippen LogP contribution is 2.43. The number of furan rings is 1. The molecule has 0 aliphatic heterocycles. The van der Waals surface area contributed by atoms with Crippen LogP contribution in [0.2, 0.25) is 0 Å². The van der Waals surface area contributed by atoms with Crippen molar-refractivity contribution in [2.45, 2.75) is 13.8 Å². The van der Waals surface area contributed by atoms with Gasteiger partial charge in [0.15, 0.2) is 0 Å². The zero-order chi connectivity index (χ0) is 26.6. The Balaban J connectivity index is 1.52. The van der Waals surface area contributed by atoms with Crippen LogP contribution in [0.3, 0.4) is 0 Å². The van der Waals surface area contributed by atoms with Crippen LogP contribution in [-0.2, 0) is 0 Å². The van der Waals surface area contributed by atoms with Crippen LogP contribution in [-0.4, -0.2) is 34.6 Å². The second-order valence-electron chi connectivity index (χ2n) is 9.29. The number of benzene rings is 3. The van der Waals surface area contributed by atoms with Gasteiger partial charge in [0.25, 0.3) is 5.91 Å². The van der Waals surface area contributed by atoms with Crippen LogP contribution in [0.4, 0.5) is 11.5 Å². The first kappa shape index (κ1) is 24.8. The van der Waals surface area contributed by atoms with Crippen LogP contribution in [0.5, 0.6) is 11.5 Å². The number of amides is 1. The first-order chi connectivity index (χ1) is 18.4. The monoisotopic (exact) mass is 508 g/mol. The lowest BCUT2D eigenvalue weighted by Crippen LogP contribution is -2.11. The number of anilines is 2. The Hall–Kier alpha value is -4.85. The van der Waals surface area contributed by atoms with Crippen molar-refractivity contribution in [2.75, 3.05) is 24.3 Å². The molecule has 8 heteroatoms. The van der Waals surface area contributed by atoms with Crippen LogP contribution < -0.4 is 15.4 Å². The third-order valence-corrected chi connectivity index (χ3v) is 6.06. The van der Waals surface area contributed by atoms with Gasteiger partial charge >= 0.3 is 0 Å². The van der Waals surface area contributed by atoms with Crippen molar-refractivity contribution in [3.05, 3.63) is 84.7 Å². The average molecular weight is 509 g/mol. The number of carbonyl (C=O) groups is 1. The van der Waals surface area contributed by atoms with E-state index in [-0.39, 0.29) is 11.7 Å². The fraction of sp³-hybridized carbons (Fsp3) is 0.167. The van der Waals surface area contributed by atoms with E-state index in [1.54, 1.807) is 49.6 Å². The van der Waals surface area contributed by atoms with E-state index in [0.29, 0.717) is 40.2 Å². The summed E-state index contributed by atoms with van der Waals surface area (Å²) in [5.74, 6) is 2.28. The summed E-state index contributed by atoms with van der Waals surface area (Å²) < 4.78 is 11.4. The largest absolute Gasteiger partial charge is 0.508 e. The van der Waals surface area contributed by atoms with E-state index < -0.39 is 0 Å². The molecule has 8 nitrogen and oxygen atoms in total. The first-order valence-corrected chi connectivity index (χ1v) is 12.3. The van der Waals surface area contributed by atoms with Gasteiger partial charge in [-0.25, -0.2) is 9.97 Å². The van der Waals surface area contributed by atoms with Crippen molar-refractivity contribution in [3.63, 3.8) is 0 Å². The lowest BCUT2D eigenvalue weighted by Gasteiger charge is -2.10. The summed E-state index contributed by atoms with van der Waals surface area (Å²) in [4.78, 5) is 21.5. The van der Waals surface area contributed by atoms with Gasteiger partial charge in [-0.05, 0) is 72.1 Å². The minimum atomic E-state index is -0.222. The van der Waals surface area contributed by atoms with Gasteiger partial charge in [-0.15, -0.1) is 0 Å². The summed E-state index contributed by atoms with van der Waals surface area (Å²) in [6, 6.07) is 21.3. The van der Waals surface area contributed by atoms with Gasteiger partial charge < -0.3 is 24.9 Å². The fourth-order valence-electron chi connectivity index (χ4n) is 4.16. The number of fused-ring (bicyclic) bond motifs is 1. The van der Waals surface area contributed by atoms with Crippen LogP contribution >= 0.6 is 0 Å². The number of aromatic hydroxyl groups is 1. The number of hydrogen-bond donors (Lipinski definition) is 3. The summed E-state index contributed by atoms with van der Waals surface area (Å²) in [6.45, 7) is 4.98. The van der Waals surface area contributed by atoms with Crippen molar-refractivity contribution >= 4 is 28.5 Å². The quantitative estimate of drug-likeness (QED) is 0.217. The van der Waals surface area contributed by atoms with Crippen LogP contribution in [0.1, 0.15) is 24.2 Å². The Morgan fingerprint density at radius 1 is 1.00 bits per heavy atom. The molecule has 0 aliphatic carbocycles. The summed E-state index contributed by atoms with van der Waals surface area (Å²) in [6.07, 6.45) is 1.47. The zero-order valence-electron chi connectivity index (χ0n) is 21.4. The molecule has 3 aromatic carbocycles. The Bertz CT molecular complexity index is 1580. The lowest BCUT2D eigenvalue weighted by molar-refractivity contribution is 0.102. The molecule has 1 amide bonds. The van der Waals surface area contributed by atoms with E-state index in [4.69, 9.17) is 9.15 Å². The molecule has 0 atom stereocenters. The highest BCUT2D eigenvalue weighted by atomic mass is 16.5. The number of hydrogen-bond acceptors (Lipinski definition) is 7. The zero-order valence-corrected chi connectivity index (χ0v) is 21.4. The number of phenols is 1. The maximum absolute atomic E-state index is 12.7. The normalized spacial score (nSPS) is 11.1. The molecule has 0 bridgehead atoms. The van der Waals surface area contributed by atoms with Gasteiger partial charge in [-0.3, -0.25) is 4.79 Å². The molecule has 3 N–H and O–H groups in total. The Kier molecular flexibility index (Phi) is 6.95. The molecule has 0 spiro atoms. The average Bonchev–Trinajstić information content (AvgIpc) is 3.32. The predicted octanol–water partition coefficient (Wildman–Crippen LogP) is 6.59. The van der Waals surface area contributed by atoms with Crippen molar-refractivity contribution < 1.29 is 19.1 Å². The van der Waals surface area contributed by atoms with Crippen LogP contribution in [0, 0.1) is 5.92 Å². The third-order valence-electron chi connectivity index (χ3n) is 6.06. The highest BCUT2D eigenvalue weighted by Gasteiger charge is 2.22. The number of nitrogens with zero attached hydrogens (tertiary/aromatic N) is 2. The molecule has 5 rings (SSSR count). The first-order valence-electron chi connectivity index (χ1n) is 12.3. The van der Waals surface area contributed by atoms with E-state index in [0.717, 1.165) is 28.6 Å². The Labute approximate surface area is 220 Å². The summed E-state index contributed by atoms with van der Waals surface area (Å²) in [5.41, 5.74) is 3.95. The molecule has 0 saturated carbocycles. The van der Waals surface area contributed by atoms with E-state index in [1.807, 2.05) is 30.3 Å². The van der Waals surface area contributed by atoms with Crippen LogP contribution in [0.25, 0.3) is 33.6 Å². The molecule has 0 fully saturated rings. The Morgan fingerprint density at radius 3 is 2.45 bits per heavy atom. The molecular weight excluding hydrogens is 480 g/mol. The van der Waals surface area contributed by atoms with E-state index in [9.17, 15) is 9.90 Å². The number of aromatic nitrogens is 2. The Morgan fingerprint density at radius 2 is 1.76 bits per heavy atom. The standard InChI is InChI=1S/C30H28N4O4/c1-18(2)16-31-28-26-25(21-5-4-6-23(35)15-21)27(38-30(26)33-17-32-28)19-7-11-22(12-8-19)34-29(36)20-9-13-24(37-3)14-10-20/h4-15,17-18,35H,16H2,1-3H3,(H,34,36)(H,31,32,33). The summed E-state index contributed by atoms with van der Waals surface area (Å²) in [7, 11) is 1.58. The number of rotatable bonds is 8.